The fraction of sp³-hybridized carbons (Fsp3) is 0.190. The maximum Gasteiger partial charge on any atom is 0.226 e. The van der Waals surface area contributed by atoms with Gasteiger partial charge in [0.2, 0.25) is 5.91 Å². The maximum absolute atomic E-state index is 13.2. The second kappa shape index (κ2) is 7.24. The molecule has 0 spiro atoms. The first kappa shape index (κ1) is 18.4. The third-order valence-corrected chi connectivity index (χ3v) is 5.37. The van der Waals surface area contributed by atoms with Gasteiger partial charge in [-0.15, -0.1) is 0 Å². The van der Waals surface area contributed by atoms with E-state index < -0.39 is 5.92 Å². The van der Waals surface area contributed by atoms with E-state index >= 15 is 0 Å². The van der Waals surface area contributed by atoms with Gasteiger partial charge in [0.15, 0.2) is 5.78 Å². The monoisotopic (exact) mass is 439 g/mol. The van der Waals surface area contributed by atoms with Crippen LogP contribution in [0.15, 0.2) is 53.0 Å². The Hall–Kier alpha value is -2.93. The number of nitrogens with zero attached hydrogens (tertiary/aromatic N) is 2. The van der Waals surface area contributed by atoms with Gasteiger partial charge in [-0.05, 0) is 43.3 Å². The molecule has 1 aromatic heterocycles. The van der Waals surface area contributed by atoms with Crippen molar-refractivity contribution in [3.05, 3.63) is 69.8 Å². The molecule has 0 bridgehead atoms. The van der Waals surface area contributed by atoms with Gasteiger partial charge in [0, 0.05) is 22.0 Å². The lowest BCUT2D eigenvalue weighted by atomic mass is 9.85. The van der Waals surface area contributed by atoms with Crippen LogP contribution < -0.4 is 10.1 Å². The Balaban J connectivity index is 1.80. The van der Waals surface area contributed by atoms with Crippen molar-refractivity contribution in [1.82, 2.24) is 9.78 Å². The Morgan fingerprint density at radius 3 is 2.71 bits per heavy atom. The Labute approximate surface area is 170 Å². The lowest BCUT2D eigenvalue weighted by Gasteiger charge is -2.23. The number of methoxy groups -OCH3 is 1. The maximum atomic E-state index is 13.2. The number of carbonyl (C=O) groups excluding carboxylic acids is 2. The van der Waals surface area contributed by atoms with Gasteiger partial charge >= 0.3 is 0 Å². The summed E-state index contributed by atoms with van der Waals surface area (Å²) >= 11 is 3.42. The molecular weight excluding hydrogens is 422 g/mol. The van der Waals surface area contributed by atoms with Gasteiger partial charge in [0.25, 0.3) is 0 Å². The van der Waals surface area contributed by atoms with E-state index in [1.165, 1.54) is 0 Å². The van der Waals surface area contributed by atoms with Gasteiger partial charge in [-0.25, -0.2) is 4.68 Å². The van der Waals surface area contributed by atoms with E-state index in [0.717, 1.165) is 21.4 Å². The van der Waals surface area contributed by atoms with Crippen LogP contribution in [-0.2, 0) is 4.79 Å². The highest BCUT2D eigenvalue weighted by Gasteiger charge is 2.36. The minimum Gasteiger partial charge on any atom is -0.497 e. The number of fused-ring (bicyclic) bond motifs is 1. The number of carbonyl (C=O) groups is 2. The molecule has 1 atom stereocenters. The van der Waals surface area contributed by atoms with E-state index in [-0.39, 0.29) is 18.1 Å². The minimum absolute atomic E-state index is 0.0932. The molecule has 1 aliphatic heterocycles. The van der Waals surface area contributed by atoms with Crippen LogP contribution in [0.3, 0.4) is 0 Å². The molecule has 2 aromatic carbocycles. The summed E-state index contributed by atoms with van der Waals surface area (Å²) < 4.78 is 7.86. The summed E-state index contributed by atoms with van der Waals surface area (Å²) in [6.45, 7) is 1.86. The van der Waals surface area contributed by atoms with Crippen LogP contribution in [0.2, 0.25) is 0 Å². The first-order chi connectivity index (χ1) is 13.5. The number of halogens is 1. The summed E-state index contributed by atoms with van der Waals surface area (Å²) in [6, 6.07) is 14.6. The van der Waals surface area contributed by atoms with Crippen LogP contribution >= 0.6 is 15.9 Å². The second-order valence-electron chi connectivity index (χ2n) is 6.64. The summed E-state index contributed by atoms with van der Waals surface area (Å²) in [6.07, 6.45) is 0.0932. The van der Waals surface area contributed by atoms with Gasteiger partial charge in [0.05, 0.1) is 24.4 Å². The SMILES string of the molecule is COc1cccc(C(=O)[C@@H]2CC(=O)Nc3c2c(C)nn3-c2ccc(Br)cc2)c1. The lowest BCUT2D eigenvalue weighted by Crippen LogP contribution is -2.28. The molecule has 1 amide bonds. The van der Waals surface area contributed by atoms with Crippen LogP contribution in [0.5, 0.6) is 5.75 Å². The summed E-state index contributed by atoms with van der Waals surface area (Å²) in [4.78, 5) is 25.6. The van der Waals surface area contributed by atoms with Gasteiger partial charge in [0.1, 0.15) is 11.6 Å². The zero-order valence-corrected chi connectivity index (χ0v) is 17.0. The van der Waals surface area contributed by atoms with Crippen LogP contribution in [0, 0.1) is 6.92 Å². The molecule has 142 valence electrons. The zero-order valence-electron chi connectivity index (χ0n) is 15.4. The molecule has 28 heavy (non-hydrogen) atoms. The number of anilines is 1. The highest BCUT2D eigenvalue weighted by atomic mass is 79.9. The van der Waals surface area contributed by atoms with Crippen molar-refractivity contribution in [2.24, 2.45) is 0 Å². The molecule has 0 saturated heterocycles. The highest BCUT2D eigenvalue weighted by Crippen LogP contribution is 2.38. The van der Waals surface area contributed by atoms with Crippen LogP contribution in [0.1, 0.15) is 34.0 Å². The van der Waals surface area contributed by atoms with Crippen molar-refractivity contribution < 1.29 is 14.3 Å². The predicted molar refractivity (Wildman–Crippen MR) is 109 cm³/mol. The molecular formula is C21H18BrN3O3. The van der Waals surface area contributed by atoms with Crippen molar-refractivity contribution in [1.29, 1.82) is 0 Å². The molecule has 1 aliphatic rings. The first-order valence-electron chi connectivity index (χ1n) is 8.81. The number of ketones is 1. The third-order valence-electron chi connectivity index (χ3n) is 4.84. The van der Waals surface area contributed by atoms with E-state index in [9.17, 15) is 9.59 Å². The van der Waals surface area contributed by atoms with Crippen molar-refractivity contribution in [3.8, 4) is 11.4 Å². The number of ether oxygens (including phenoxy) is 1. The number of hydrogen-bond donors (Lipinski definition) is 1. The molecule has 0 unspecified atom stereocenters. The summed E-state index contributed by atoms with van der Waals surface area (Å²) in [5, 5.41) is 7.49. The number of Topliss-reactive ketones (excluding diaryl/α,β-unsaturated/α-hetero) is 1. The van der Waals surface area contributed by atoms with Crippen LogP contribution in [-0.4, -0.2) is 28.6 Å². The molecule has 7 heteroatoms. The Kier molecular flexibility index (Phi) is 4.77. The first-order valence-corrected chi connectivity index (χ1v) is 9.61. The van der Waals surface area contributed by atoms with Gasteiger partial charge in [-0.2, -0.15) is 5.10 Å². The van der Waals surface area contributed by atoms with E-state index in [1.54, 1.807) is 36.1 Å². The van der Waals surface area contributed by atoms with Gasteiger partial charge in [-0.3, -0.25) is 9.59 Å². The van der Waals surface area contributed by atoms with Crippen molar-refractivity contribution in [2.75, 3.05) is 12.4 Å². The number of benzene rings is 2. The quantitative estimate of drug-likeness (QED) is 0.616. The molecule has 6 nitrogen and oxygen atoms in total. The number of rotatable bonds is 4. The number of amides is 1. The number of hydrogen-bond acceptors (Lipinski definition) is 4. The van der Waals surface area contributed by atoms with E-state index in [4.69, 9.17) is 4.74 Å². The number of nitrogens with one attached hydrogen (secondary N) is 1. The average molecular weight is 440 g/mol. The normalized spacial score (nSPS) is 15.7. The molecule has 0 radical (unpaired) electrons. The molecule has 0 aliphatic carbocycles. The van der Waals surface area contributed by atoms with Crippen molar-refractivity contribution in [3.63, 3.8) is 0 Å². The van der Waals surface area contributed by atoms with Crippen molar-refractivity contribution in [2.45, 2.75) is 19.3 Å². The van der Waals surface area contributed by atoms with Gasteiger partial charge < -0.3 is 10.1 Å². The van der Waals surface area contributed by atoms with Gasteiger partial charge in [-0.1, -0.05) is 28.1 Å². The van der Waals surface area contributed by atoms with E-state index in [2.05, 4.69) is 26.3 Å². The standard InChI is InChI=1S/C21H18BrN3O3/c1-12-19-17(20(27)13-4-3-5-16(10-13)28-2)11-18(26)23-21(19)25(24-12)15-8-6-14(22)7-9-15/h3-10,17H,11H2,1-2H3,(H,23,26)/t17-/m1/s1. The Morgan fingerprint density at radius 1 is 1.25 bits per heavy atom. The van der Waals surface area contributed by atoms with E-state index in [1.807, 2.05) is 31.2 Å². The summed E-state index contributed by atoms with van der Waals surface area (Å²) in [5.74, 6) is 0.256. The fourth-order valence-electron chi connectivity index (χ4n) is 3.52. The molecule has 0 saturated carbocycles. The van der Waals surface area contributed by atoms with Crippen molar-refractivity contribution >= 4 is 33.4 Å². The van der Waals surface area contributed by atoms with Crippen LogP contribution in [0.25, 0.3) is 5.69 Å². The topological polar surface area (TPSA) is 73.2 Å². The predicted octanol–water partition coefficient (Wildman–Crippen LogP) is 4.26. The molecule has 2 heterocycles. The molecule has 0 fully saturated rings. The molecule has 3 aromatic rings. The number of aryl methyl sites for hydroxylation is 1. The highest BCUT2D eigenvalue weighted by molar-refractivity contribution is 9.10. The summed E-state index contributed by atoms with van der Waals surface area (Å²) in [5.41, 5.74) is 2.80. The average Bonchev–Trinajstić information content (AvgIpc) is 3.03. The largest absolute Gasteiger partial charge is 0.497 e. The number of aromatic nitrogens is 2. The minimum atomic E-state index is -0.583. The lowest BCUT2D eigenvalue weighted by molar-refractivity contribution is -0.116. The Morgan fingerprint density at radius 2 is 2.00 bits per heavy atom. The fourth-order valence-corrected chi connectivity index (χ4v) is 3.78. The Bertz CT molecular complexity index is 1070. The van der Waals surface area contributed by atoms with Crippen LogP contribution in [0.4, 0.5) is 5.82 Å². The zero-order chi connectivity index (χ0) is 19.8. The molecule has 4 rings (SSSR count). The molecule has 1 N–H and O–H groups in total. The smallest absolute Gasteiger partial charge is 0.226 e. The third kappa shape index (κ3) is 3.22. The summed E-state index contributed by atoms with van der Waals surface area (Å²) in [7, 11) is 1.56. The van der Waals surface area contributed by atoms with E-state index in [0.29, 0.717) is 17.1 Å². The second-order valence-corrected chi connectivity index (χ2v) is 7.55.